The number of carbonyl (C=O) groups excluding carboxylic acids is 1. The van der Waals surface area contributed by atoms with Gasteiger partial charge in [-0.2, -0.15) is 0 Å². The van der Waals surface area contributed by atoms with E-state index in [0.717, 1.165) is 12.2 Å². The van der Waals surface area contributed by atoms with Crippen molar-refractivity contribution in [3.05, 3.63) is 29.3 Å². The summed E-state index contributed by atoms with van der Waals surface area (Å²) in [5.74, 6) is 0.726. The quantitative estimate of drug-likeness (QED) is 0.858. The number of hydrogen-bond acceptors (Lipinski definition) is 2. The number of carbonyl (C=O) groups is 1. The Morgan fingerprint density at radius 1 is 1.56 bits per heavy atom. The summed E-state index contributed by atoms with van der Waals surface area (Å²) < 4.78 is 5.70. The Morgan fingerprint density at radius 3 is 3.00 bits per heavy atom. The van der Waals surface area contributed by atoms with Crippen molar-refractivity contribution in [3.8, 4) is 5.75 Å². The SMILES string of the molecule is NC(=O)N1CC[C@@H](Oc2cccc(Cl)c2)C1. The summed E-state index contributed by atoms with van der Waals surface area (Å²) in [6.07, 6.45) is 0.807. The summed E-state index contributed by atoms with van der Waals surface area (Å²) in [5, 5.41) is 0.641. The molecular formula is C11H13ClN2O2. The Morgan fingerprint density at radius 2 is 2.38 bits per heavy atom. The van der Waals surface area contributed by atoms with Crippen molar-refractivity contribution in [1.29, 1.82) is 0 Å². The van der Waals surface area contributed by atoms with Gasteiger partial charge in [-0.05, 0) is 18.2 Å². The number of nitrogens with two attached hydrogens (primary N) is 1. The summed E-state index contributed by atoms with van der Waals surface area (Å²) in [5.41, 5.74) is 5.19. The van der Waals surface area contributed by atoms with Gasteiger partial charge < -0.3 is 15.4 Å². The van der Waals surface area contributed by atoms with Crippen molar-refractivity contribution in [2.45, 2.75) is 12.5 Å². The van der Waals surface area contributed by atoms with Crippen LogP contribution in [0.3, 0.4) is 0 Å². The molecule has 0 aliphatic carbocycles. The second-order valence-electron chi connectivity index (χ2n) is 3.77. The lowest BCUT2D eigenvalue weighted by Crippen LogP contribution is -2.35. The Kier molecular flexibility index (Phi) is 3.19. The van der Waals surface area contributed by atoms with Crippen LogP contribution in [0, 0.1) is 0 Å². The van der Waals surface area contributed by atoms with Crippen LogP contribution in [0.2, 0.25) is 5.02 Å². The van der Waals surface area contributed by atoms with E-state index >= 15 is 0 Å². The molecule has 1 aromatic carbocycles. The fourth-order valence-corrected chi connectivity index (χ4v) is 1.94. The normalized spacial score (nSPS) is 19.8. The number of urea groups is 1. The standard InChI is InChI=1S/C11H13ClN2O2/c12-8-2-1-3-9(6-8)16-10-4-5-14(7-10)11(13)15/h1-3,6,10H,4-5,7H2,(H2,13,15)/t10-/m1/s1. The molecule has 0 radical (unpaired) electrons. The topological polar surface area (TPSA) is 55.6 Å². The molecule has 1 aliphatic rings. The van der Waals surface area contributed by atoms with E-state index in [2.05, 4.69) is 0 Å². The fraction of sp³-hybridized carbons (Fsp3) is 0.364. The van der Waals surface area contributed by atoms with Crippen LogP contribution in [0.4, 0.5) is 4.79 Å². The van der Waals surface area contributed by atoms with Crippen molar-refractivity contribution < 1.29 is 9.53 Å². The molecule has 1 saturated heterocycles. The van der Waals surface area contributed by atoms with Gasteiger partial charge in [-0.3, -0.25) is 0 Å². The Balaban J connectivity index is 1.94. The number of ether oxygens (including phenoxy) is 1. The molecule has 1 fully saturated rings. The van der Waals surface area contributed by atoms with E-state index in [9.17, 15) is 4.79 Å². The molecule has 1 atom stereocenters. The van der Waals surface area contributed by atoms with Crippen LogP contribution in [0.15, 0.2) is 24.3 Å². The van der Waals surface area contributed by atoms with E-state index in [1.54, 1.807) is 17.0 Å². The van der Waals surface area contributed by atoms with Crippen LogP contribution < -0.4 is 10.5 Å². The molecule has 4 nitrogen and oxygen atoms in total. The number of rotatable bonds is 2. The third kappa shape index (κ3) is 2.58. The first-order valence-electron chi connectivity index (χ1n) is 5.12. The van der Waals surface area contributed by atoms with Gasteiger partial charge in [0.1, 0.15) is 11.9 Å². The number of likely N-dealkylation sites (tertiary alicyclic amines) is 1. The third-order valence-corrected chi connectivity index (χ3v) is 2.79. The van der Waals surface area contributed by atoms with Crippen LogP contribution in [0.1, 0.15) is 6.42 Å². The van der Waals surface area contributed by atoms with Crippen LogP contribution in [-0.2, 0) is 0 Å². The first kappa shape index (κ1) is 11.1. The summed E-state index contributed by atoms with van der Waals surface area (Å²) >= 11 is 5.84. The second kappa shape index (κ2) is 4.61. The molecule has 0 unspecified atom stereocenters. The Hall–Kier alpha value is -1.42. The predicted molar refractivity (Wildman–Crippen MR) is 61.6 cm³/mol. The minimum absolute atomic E-state index is 0.00552. The van der Waals surface area contributed by atoms with Crippen molar-refractivity contribution >= 4 is 17.6 Å². The molecular weight excluding hydrogens is 228 g/mol. The van der Waals surface area contributed by atoms with Gasteiger partial charge in [0.05, 0.1) is 6.54 Å². The van der Waals surface area contributed by atoms with Crippen LogP contribution >= 0.6 is 11.6 Å². The summed E-state index contributed by atoms with van der Waals surface area (Å²) in [7, 11) is 0. The number of primary amides is 1. The molecule has 1 aliphatic heterocycles. The molecule has 0 bridgehead atoms. The minimum Gasteiger partial charge on any atom is -0.488 e. The van der Waals surface area contributed by atoms with Gasteiger partial charge in [0.2, 0.25) is 0 Å². The maximum atomic E-state index is 10.9. The molecule has 0 spiro atoms. The zero-order valence-corrected chi connectivity index (χ0v) is 9.48. The monoisotopic (exact) mass is 240 g/mol. The average molecular weight is 241 g/mol. The molecule has 0 saturated carbocycles. The maximum absolute atomic E-state index is 10.9. The molecule has 2 amide bonds. The van der Waals surface area contributed by atoms with Gasteiger partial charge in [0.25, 0.3) is 0 Å². The maximum Gasteiger partial charge on any atom is 0.314 e. The highest BCUT2D eigenvalue weighted by Gasteiger charge is 2.26. The summed E-state index contributed by atoms with van der Waals surface area (Å²) in [6.45, 7) is 1.20. The molecule has 2 N–H and O–H groups in total. The largest absolute Gasteiger partial charge is 0.488 e. The highest BCUT2D eigenvalue weighted by molar-refractivity contribution is 6.30. The number of nitrogens with zero attached hydrogens (tertiary/aromatic N) is 1. The number of hydrogen-bond donors (Lipinski definition) is 1. The second-order valence-corrected chi connectivity index (χ2v) is 4.21. The van der Waals surface area contributed by atoms with E-state index in [0.29, 0.717) is 18.1 Å². The predicted octanol–water partition coefficient (Wildman–Crippen LogP) is 1.87. The van der Waals surface area contributed by atoms with Gasteiger partial charge in [0, 0.05) is 18.0 Å². The smallest absolute Gasteiger partial charge is 0.314 e. The van der Waals surface area contributed by atoms with E-state index < -0.39 is 6.03 Å². The lowest BCUT2D eigenvalue weighted by atomic mass is 10.3. The highest BCUT2D eigenvalue weighted by atomic mass is 35.5. The van der Waals surface area contributed by atoms with Crippen molar-refractivity contribution in [2.75, 3.05) is 13.1 Å². The van der Waals surface area contributed by atoms with Crippen LogP contribution in [0.5, 0.6) is 5.75 Å². The molecule has 1 aromatic rings. The van der Waals surface area contributed by atoms with Crippen molar-refractivity contribution in [1.82, 2.24) is 4.90 Å². The molecule has 1 heterocycles. The molecule has 0 aromatic heterocycles. The van der Waals surface area contributed by atoms with Gasteiger partial charge in [-0.25, -0.2) is 4.79 Å². The van der Waals surface area contributed by atoms with Crippen LogP contribution in [-0.4, -0.2) is 30.1 Å². The van der Waals surface area contributed by atoms with Gasteiger partial charge in [-0.1, -0.05) is 17.7 Å². The zero-order chi connectivity index (χ0) is 11.5. The van der Waals surface area contributed by atoms with Gasteiger partial charge in [-0.15, -0.1) is 0 Å². The summed E-state index contributed by atoms with van der Waals surface area (Å²) in [4.78, 5) is 12.5. The lowest BCUT2D eigenvalue weighted by molar-refractivity contribution is 0.192. The Bertz CT molecular complexity index is 397. The van der Waals surface area contributed by atoms with E-state index in [-0.39, 0.29) is 6.10 Å². The zero-order valence-electron chi connectivity index (χ0n) is 8.73. The molecule has 16 heavy (non-hydrogen) atoms. The van der Waals surface area contributed by atoms with E-state index in [1.165, 1.54) is 0 Å². The minimum atomic E-state index is -0.391. The lowest BCUT2D eigenvalue weighted by Gasteiger charge is -2.15. The first-order valence-corrected chi connectivity index (χ1v) is 5.49. The first-order chi connectivity index (χ1) is 7.65. The van der Waals surface area contributed by atoms with E-state index in [1.807, 2.05) is 12.1 Å². The summed E-state index contributed by atoms with van der Waals surface area (Å²) in [6, 6.07) is 6.84. The van der Waals surface area contributed by atoms with Gasteiger partial charge in [0.15, 0.2) is 0 Å². The highest BCUT2D eigenvalue weighted by Crippen LogP contribution is 2.21. The Labute approximate surface area is 98.9 Å². The number of halogens is 1. The van der Waals surface area contributed by atoms with Crippen molar-refractivity contribution in [2.24, 2.45) is 5.73 Å². The number of benzene rings is 1. The van der Waals surface area contributed by atoms with Gasteiger partial charge >= 0.3 is 6.03 Å². The fourth-order valence-electron chi connectivity index (χ4n) is 1.76. The van der Waals surface area contributed by atoms with E-state index in [4.69, 9.17) is 22.1 Å². The molecule has 86 valence electrons. The third-order valence-electron chi connectivity index (χ3n) is 2.56. The van der Waals surface area contributed by atoms with Crippen LogP contribution in [0.25, 0.3) is 0 Å². The number of amides is 2. The average Bonchev–Trinajstić information content (AvgIpc) is 2.66. The van der Waals surface area contributed by atoms with Crippen molar-refractivity contribution in [3.63, 3.8) is 0 Å². The molecule has 5 heteroatoms. The molecule has 2 rings (SSSR count).